The smallest absolute Gasteiger partial charge is 0.0875 e. The van der Waals surface area contributed by atoms with Gasteiger partial charge in [0.2, 0.25) is 0 Å². The van der Waals surface area contributed by atoms with Gasteiger partial charge in [0.15, 0.2) is 0 Å². The maximum absolute atomic E-state index is 5.48. The molecule has 180 valence electrons. The minimum atomic E-state index is 0.142. The topological polar surface area (TPSA) is 49.4 Å². The van der Waals surface area contributed by atoms with Gasteiger partial charge in [-0.05, 0) is 151 Å². The van der Waals surface area contributed by atoms with Gasteiger partial charge in [0.05, 0.1) is 22.2 Å². The summed E-state index contributed by atoms with van der Waals surface area (Å²) < 4.78 is 0. The minimum Gasteiger partial charge on any atom is -0.187 e. The van der Waals surface area contributed by atoms with Crippen LogP contribution in [0, 0.1) is 35.0 Å². The highest BCUT2D eigenvalue weighted by Crippen LogP contribution is 2.70. The molecule has 5 unspecified atom stereocenters. The molecule has 0 saturated heterocycles. The maximum atomic E-state index is 5.48. The Balaban J connectivity index is 1.07. The van der Waals surface area contributed by atoms with Crippen LogP contribution >= 0.6 is 0 Å². The normalized spacial score (nSPS) is 60.6. The third-order valence-corrected chi connectivity index (χ3v) is 13.3. The SMILES string of the molecule is CC1(C2CC3(N=NC45CCC(CC4)C5)CCC2C3)CC2CC[C@]1(N=NC13CCC(CC1)C3)C2. The van der Waals surface area contributed by atoms with Gasteiger partial charge < -0.3 is 0 Å². The molecule has 0 aromatic heterocycles. The van der Waals surface area contributed by atoms with E-state index in [1.54, 1.807) is 0 Å². The summed E-state index contributed by atoms with van der Waals surface area (Å²) in [4.78, 5) is 0. The Morgan fingerprint density at radius 1 is 0.485 bits per heavy atom. The second-order valence-electron chi connectivity index (χ2n) is 14.9. The molecule has 0 aliphatic heterocycles. The third-order valence-electron chi connectivity index (χ3n) is 13.3. The summed E-state index contributed by atoms with van der Waals surface area (Å²) in [5, 5.41) is 21.3. The molecule has 0 aromatic carbocycles. The van der Waals surface area contributed by atoms with Crippen LogP contribution in [-0.4, -0.2) is 22.2 Å². The molecule has 33 heavy (non-hydrogen) atoms. The van der Waals surface area contributed by atoms with E-state index in [2.05, 4.69) is 6.92 Å². The number of nitrogens with zero attached hydrogens (tertiary/aromatic N) is 4. The summed E-state index contributed by atoms with van der Waals surface area (Å²) in [5.41, 5.74) is 1.16. The van der Waals surface area contributed by atoms with Crippen molar-refractivity contribution in [2.24, 2.45) is 55.5 Å². The van der Waals surface area contributed by atoms with Crippen LogP contribution in [0.1, 0.15) is 122 Å². The molecule has 8 aliphatic rings. The lowest BCUT2D eigenvalue weighted by molar-refractivity contribution is 0.0301. The van der Waals surface area contributed by atoms with Gasteiger partial charge in [-0.3, -0.25) is 0 Å². The highest BCUT2D eigenvalue weighted by atomic mass is 15.2. The van der Waals surface area contributed by atoms with Gasteiger partial charge in [-0.1, -0.05) is 6.92 Å². The van der Waals surface area contributed by atoms with E-state index in [0.29, 0.717) is 5.41 Å². The van der Waals surface area contributed by atoms with E-state index in [1.165, 1.54) is 116 Å². The molecule has 8 aliphatic carbocycles. The van der Waals surface area contributed by atoms with Crippen molar-refractivity contribution in [3.63, 3.8) is 0 Å². The van der Waals surface area contributed by atoms with E-state index >= 15 is 0 Å². The summed E-state index contributed by atoms with van der Waals surface area (Å²) in [6, 6.07) is 0. The Morgan fingerprint density at radius 2 is 1.06 bits per heavy atom. The maximum Gasteiger partial charge on any atom is 0.0875 e. The molecule has 0 heterocycles. The van der Waals surface area contributed by atoms with Crippen molar-refractivity contribution in [1.29, 1.82) is 0 Å². The molecule has 0 N–H and O–H groups in total. The van der Waals surface area contributed by atoms with Crippen molar-refractivity contribution >= 4 is 0 Å². The largest absolute Gasteiger partial charge is 0.187 e. The van der Waals surface area contributed by atoms with Crippen LogP contribution in [-0.2, 0) is 0 Å². The Labute approximate surface area is 200 Å². The van der Waals surface area contributed by atoms with Gasteiger partial charge in [-0.2, -0.15) is 20.5 Å². The Bertz CT molecular complexity index is 893. The van der Waals surface area contributed by atoms with E-state index in [0.717, 1.165) is 29.6 Å². The summed E-state index contributed by atoms with van der Waals surface area (Å²) in [6.45, 7) is 2.66. The molecule has 0 radical (unpaired) electrons. The lowest BCUT2D eigenvalue weighted by Gasteiger charge is -2.49. The summed E-state index contributed by atoms with van der Waals surface area (Å²) in [6.07, 6.45) is 24.3. The monoisotopic (exact) mass is 448 g/mol. The van der Waals surface area contributed by atoms with E-state index in [9.17, 15) is 0 Å². The van der Waals surface area contributed by atoms with E-state index < -0.39 is 0 Å². The summed E-state index contributed by atoms with van der Waals surface area (Å²) in [5.74, 6) is 4.47. The lowest BCUT2D eigenvalue weighted by atomic mass is 9.58. The number of rotatable bonds is 5. The van der Waals surface area contributed by atoms with Crippen molar-refractivity contribution in [2.45, 2.75) is 145 Å². The van der Waals surface area contributed by atoms with Crippen LogP contribution in [0.25, 0.3) is 0 Å². The van der Waals surface area contributed by atoms with Gasteiger partial charge in [0, 0.05) is 0 Å². The standard InChI is InChI=1S/C29H44N4/c1-25(14-22-6-13-29(25,17-22)33-31-27-10-4-21(16-27)5-11-27)24-19-28(12-7-23(24)18-28)32-30-26-8-2-20(15-26)3-9-26/h20-24H,2-19H2,1H3/t20?,21?,22?,23?,24?,25?,26?,27?,28?,29-/m0/s1. The van der Waals surface area contributed by atoms with Crippen molar-refractivity contribution in [2.75, 3.05) is 0 Å². The second-order valence-corrected chi connectivity index (χ2v) is 14.9. The first-order chi connectivity index (χ1) is 15.9. The first-order valence-electron chi connectivity index (χ1n) is 14.8. The molecule has 8 rings (SSSR count). The summed E-state index contributed by atoms with van der Waals surface area (Å²) in [7, 11) is 0. The van der Waals surface area contributed by atoms with Crippen LogP contribution in [0.2, 0.25) is 0 Å². The predicted molar refractivity (Wildman–Crippen MR) is 129 cm³/mol. The molecule has 0 aromatic rings. The second kappa shape index (κ2) is 6.49. The predicted octanol–water partition coefficient (Wildman–Crippen LogP) is 8.06. The molecule has 8 bridgehead atoms. The zero-order chi connectivity index (χ0) is 21.9. The fourth-order valence-corrected chi connectivity index (χ4v) is 11.5. The zero-order valence-corrected chi connectivity index (χ0v) is 20.9. The fourth-order valence-electron chi connectivity index (χ4n) is 11.5. The molecule has 4 nitrogen and oxygen atoms in total. The van der Waals surface area contributed by atoms with Gasteiger partial charge in [0.1, 0.15) is 0 Å². The molecule has 8 fully saturated rings. The number of hydrogen-bond acceptors (Lipinski definition) is 4. The van der Waals surface area contributed by atoms with Crippen LogP contribution in [0.15, 0.2) is 20.5 Å². The molecule has 6 atom stereocenters. The zero-order valence-electron chi connectivity index (χ0n) is 20.9. The molecule has 0 spiro atoms. The Morgan fingerprint density at radius 3 is 1.67 bits per heavy atom. The van der Waals surface area contributed by atoms with Crippen LogP contribution in [0.5, 0.6) is 0 Å². The highest BCUT2D eigenvalue weighted by Gasteiger charge is 2.68. The molecule has 4 heteroatoms. The molecule has 8 saturated carbocycles. The first-order valence-corrected chi connectivity index (χ1v) is 14.8. The minimum absolute atomic E-state index is 0.142. The molecular formula is C29H44N4. The molecular weight excluding hydrogens is 404 g/mol. The van der Waals surface area contributed by atoms with Crippen molar-refractivity contribution < 1.29 is 0 Å². The number of azo groups is 2. The van der Waals surface area contributed by atoms with E-state index in [1.807, 2.05) is 0 Å². The average Bonchev–Trinajstić information content (AvgIpc) is 3.68. The number of fused-ring (bicyclic) bond motifs is 8. The summed E-state index contributed by atoms with van der Waals surface area (Å²) >= 11 is 0. The van der Waals surface area contributed by atoms with E-state index in [-0.39, 0.29) is 22.2 Å². The Kier molecular flexibility index (Phi) is 4.01. The van der Waals surface area contributed by atoms with Crippen LogP contribution < -0.4 is 0 Å². The fraction of sp³-hybridized carbons (Fsp3) is 1.00. The Hall–Kier alpha value is -0.800. The third kappa shape index (κ3) is 2.76. The van der Waals surface area contributed by atoms with Crippen LogP contribution in [0.4, 0.5) is 0 Å². The van der Waals surface area contributed by atoms with Crippen molar-refractivity contribution in [1.82, 2.24) is 0 Å². The lowest BCUT2D eigenvalue weighted by Crippen LogP contribution is -2.48. The molecule has 0 amide bonds. The van der Waals surface area contributed by atoms with Gasteiger partial charge >= 0.3 is 0 Å². The quantitative estimate of drug-likeness (QED) is 0.382. The van der Waals surface area contributed by atoms with Gasteiger partial charge in [0.25, 0.3) is 0 Å². The first kappa shape index (κ1) is 20.4. The number of hydrogen-bond donors (Lipinski definition) is 0. The van der Waals surface area contributed by atoms with Gasteiger partial charge in [-0.15, -0.1) is 0 Å². The average molecular weight is 449 g/mol. The van der Waals surface area contributed by atoms with Crippen molar-refractivity contribution in [3.05, 3.63) is 0 Å². The van der Waals surface area contributed by atoms with Crippen LogP contribution in [0.3, 0.4) is 0 Å². The van der Waals surface area contributed by atoms with Crippen molar-refractivity contribution in [3.8, 4) is 0 Å². The highest BCUT2D eigenvalue weighted by molar-refractivity contribution is 5.21. The van der Waals surface area contributed by atoms with Gasteiger partial charge in [-0.25, -0.2) is 0 Å². The van der Waals surface area contributed by atoms with E-state index in [4.69, 9.17) is 20.5 Å².